The molecule has 0 fully saturated rings. The van der Waals surface area contributed by atoms with E-state index in [0.717, 1.165) is 23.0 Å². The first kappa shape index (κ1) is 19.2. The van der Waals surface area contributed by atoms with E-state index in [9.17, 15) is 9.90 Å². The van der Waals surface area contributed by atoms with Gasteiger partial charge in [-0.3, -0.25) is 0 Å². The summed E-state index contributed by atoms with van der Waals surface area (Å²) >= 11 is 0. The molecule has 0 bridgehead atoms. The van der Waals surface area contributed by atoms with Crippen LogP contribution in [0.15, 0.2) is 66.7 Å². The highest BCUT2D eigenvalue weighted by molar-refractivity contribution is 6.08. The van der Waals surface area contributed by atoms with Crippen molar-refractivity contribution in [1.29, 1.82) is 0 Å². The number of aryl methyl sites for hydroxylation is 1. The molecule has 29 heavy (non-hydrogen) atoms. The van der Waals surface area contributed by atoms with Crippen molar-refractivity contribution in [3.05, 3.63) is 83.4 Å². The first-order chi connectivity index (χ1) is 14.1. The summed E-state index contributed by atoms with van der Waals surface area (Å²) in [6.45, 7) is 1.08. The molecular weight excluding hydrogens is 364 g/mol. The van der Waals surface area contributed by atoms with Gasteiger partial charge in [0.15, 0.2) is 0 Å². The lowest BCUT2D eigenvalue weighted by molar-refractivity contribution is 0.0697. The van der Waals surface area contributed by atoms with E-state index < -0.39 is 12.1 Å². The molecule has 0 aliphatic carbocycles. The third kappa shape index (κ3) is 4.31. The Bertz CT molecular complexity index is 1130. The number of hydrogen-bond acceptors (Lipinski definition) is 3. The molecule has 0 spiro atoms. The van der Waals surface area contributed by atoms with Crippen molar-refractivity contribution in [3.8, 4) is 0 Å². The summed E-state index contributed by atoms with van der Waals surface area (Å²) in [5, 5.41) is 25.0. The molecule has 5 nitrogen and oxygen atoms in total. The third-order valence-electron chi connectivity index (χ3n) is 5.27. The third-order valence-corrected chi connectivity index (χ3v) is 5.27. The van der Waals surface area contributed by atoms with Crippen LogP contribution >= 0.6 is 0 Å². The van der Waals surface area contributed by atoms with E-state index in [1.165, 1.54) is 16.3 Å². The van der Waals surface area contributed by atoms with Crippen molar-refractivity contribution >= 4 is 27.8 Å². The number of carboxylic acid groups (broad SMARTS) is 1. The molecule has 4 N–H and O–H groups in total. The number of aliphatic hydroxyl groups excluding tert-OH is 1. The second-order valence-electron chi connectivity index (χ2n) is 7.34. The Hall–Kier alpha value is -3.15. The quantitative estimate of drug-likeness (QED) is 0.366. The van der Waals surface area contributed by atoms with Gasteiger partial charge in [0, 0.05) is 34.9 Å². The predicted molar refractivity (Wildman–Crippen MR) is 115 cm³/mol. The van der Waals surface area contributed by atoms with Crippen molar-refractivity contribution < 1.29 is 15.0 Å². The zero-order valence-electron chi connectivity index (χ0n) is 16.1. The van der Waals surface area contributed by atoms with Gasteiger partial charge < -0.3 is 20.5 Å². The normalized spacial score (nSPS) is 12.4. The number of H-pyrrole nitrogens is 1. The highest BCUT2D eigenvalue weighted by Gasteiger charge is 2.11. The van der Waals surface area contributed by atoms with Crippen molar-refractivity contribution in [2.75, 3.05) is 6.54 Å². The number of aromatic amines is 1. The van der Waals surface area contributed by atoms with Gasteiger partial charge >= 0.3 is 5.97 Å². The summed E-state index contributed by atoms with van der Waals surface area (Å²) in [5.41, 5.74) is 4.77. The predicted octanol–water partition coefficient (Wildman–Crippen LogP) is 4.10. The molecule has 0 amide bonds. The second kappa shape index (κ2) is 8.47. The van der Waals surface area contributed by atoms with Gasteiger partial charge in [-0.25, -0.2) is 4.79 Å². The molecule has 0 radical (unpaired) electrons. The molecule has 148 valence electrons. The van der Waals surface area contributed by atoms with Crippen LogP contribution in [0.25, 0.3) is 21.8 Å². The van der Waals surface area contributed by atoms with Crippen LogP contribution in [0, 0.1) is 0 Å². The number of fused-ring (bicyclic) bond motifs is 3. The topological polar surface area (TPSA) is 85.3 Å². The second-order valence-corrected chi connectivity index (χ2v) is 7.34. The Kier molecular flexibility index (Phi) is 5.60. The van der Waals surface area contributed by atoms with Crippen molar-refractivity contribution in [3.63, 3.8) is 0 Å². The molecule has 5 heteroatoms. The lowest BCUT2D eigenvalue weighted by Gasteiger charge is -2.13. The fourth-order valence-corrected chi connectivity index (χ4v) is 3.76. The monoisotopic (exact) mass is 388 g/mol. The number of aliphatic hydroxyl groups is 1. The van der Waals surface area contributed by atoms with Gasteiger partial charge in [0.25, 0.3) is 0 Å². The summed E-state index contributed by atoms with van der Waals surface area (Å²) in [6, 6.07) is 21.3. The molecule has 0 aliphatic heterocycles. The number of aromatic nitrogens is 1. The molecule has 3 aromatic carbocycles. The van der Waals surface area contributed by atoms with E-state index in [0.29, 0.717) is 19.5 Å². The number of para-hydroxylation sites is 1. The zero-order valence-corrected chi connectivity index (χ0v) is 16.1. The van der Waals surface area contributed by atoms with Crippen LogP contribution in [0.3, 0.4) is 0 Å². The fourth-order valence-electron chi connectivity index (χ4n) is 3.76. The van der Waals surface area contributed by atoms with E-state index >= 15 is 0 Å². The van der Waals surface area contributed by atoms with Gasteiger partial charge in [0.2, 0.25) is 0 Å². The van der Waals surface area contributed by atoms with E-state index in [2.05, 4.69) is 40.6 Å². The first-order valence-corrected chi connectivity index (χ1v) is 9.81. The molecular formula is C24H24N2O3. The minimum atomic E-state index is -0.926. The van der Waals surface area contributed by atoms with Crippen LogP contribution in [-0.4, -0.2) is 33.8 Å². The van der Waals surface area contributed by atoms with Gasteiger partial charge in [0.1, 0.15) is 0 Å². The van der Waals surface area contributed by atoms with E-state index in [4.69, 9.17) is 5.11 Å². The van der Waals surface area contributed by atoms with Gasteiger partial charge in [-0.1, -0.05) is 42.5 Å². The molecule has 4 aromatic rings. The van der Waals surface area contributed by atoms with Gasteiger partial charge in [-0.2, -0.15) is 0 Å². The Balaban J connectivity index is 1.34. The number of nitrogens with one attached hydrogen (secondary N) is 2. The van der Waals surface area contributed by atoms with Crippen LogP contribution in [0.5, 0.6) is 0 Å². The summed E-state index contributed by atoms with van der Waals surface area (Å²) in [7, 11) is 0. The Morgan fingerprint density at radius 2 is 1.72 bits per heavy atom. The number of hydrogen-bond donors (Lipinski definition) is 4. The van der Waals surface area contributed by atoms with Crippen molar-refractivity contribution in [2.24, 2.45) is 0 Å². The molecule has 4 rings (SSSR count). The lowest BCUT2D eigenvalue weighted by Crippen LogP contribution is -2.26. The number of rotatable bonds is 8. The minimum Gasteiger partial charge on any atom is -0.478 e. The maximum atomic E-state index is 10.9. The van der Waals surface area contributed by atoms with E-state index in [1.54, 1.807) is 24.3 Å². The average molecular weight is 388 g/mol. The molecule has 1 heterocycles. The van der Waals surface area contributed by atoms with Gasteiger partial charge in [-0.15, -0.1) is 0 Å². The van der Waals surface area contributed by atoms with Crippen LogP contribution in [0.4, 0.5) is 0 Å². The minimum absolute atomic E-state index is 0.278. The standard InChI is InChI=1S/C24H24N2O3/c27-19(15-25-14-16-8-10-18(11-9-16)24(28)29)13-12-17-4-3-7-22-23(17)20-5-1-2-6-21(20)26-22/h1-11,19,25-27H,12-15H2,(H,28,29). The van der Waals surface area contributed by atoms with Crippen LogP contribution in [-0.2, 0) is 13.0 Å². The fraction of sp³-hybridized carbons (Fsp3) is 0.208. The number of aromatic carboxylic acids is 1. The molecule has 1 aromatic heterocycles. The SMILES string of the molecule is O=C(O)c1ccc(CNCC(O)CCc2cccc3[nH]c4ccccc4c23)cc1. The number of benzene rings is 3. The first-order valence-electron chi connectivity index (χ1n) is 9.81. The van der Waals surface area contributed by atoms with Gasteiger partial charge in [-0.05, 0) is 48.2 Å². The highest BCUT2D eigenvalue weighted by Crippen LogP contribution is 2.29. The lowest BCUT2D eigenvalue weighted by atomic mass is 10.0. The average Bonchev–Trinajstić information content (AvgIpc) is 3.12. The Morgan fingerprint density at radius 3 is 2.52 bits per heavy atom. The largest absolute Gasteiger partial charge is 0.478 e. The number of carbonyl (C=O) groups is 1. The maximum absolute atomic E-state index is 10.9. The zero-order chi connectivity index (χ0) is 20.2. The number of carboxylic acids is 1. The Morgan fingerprint density at radius 1 is 0.966 bits per heavy atom. The molecule has 1 unspecified atom stereocenters. The summed E-state index contributed by atoms with van der Waals surface area (Å²) in [4.78, 5) is 14.3. The summed E-state index contributed by atoms with van der Waals surface area (Å²) in [6.07, 6.45) is 1.02. The van der Waals surface area contributed by atoms with Crippen molar-refractivity contribution in [1.82, 2.24) is 10.3 Å². The van der Waals surface area contributed by atoms with Crippen LogP contribution in [0.2, 0.25) is 0 Å². The molecule has 1 atom stereocenters. The van der Waals surface area contributed by atoms with E-state index in [-0.39, 0.29) is 5.56 Å². The van der Waals surface area contributed by atoms with E-state index in [1.807, 2.05) is 12.1 Å². The maximum Gasteiger partial charge on any atom is 0.335 e. The van der Waals surface area contributed by atoms with Crippen molar-refractivity contribution in [2.45, 2.75) is 25.5 Å². The highest BCUT2D eigenvalue weighted by atomic mass is 16.4. The molecule has 0 saturated carbocycles. The van der Waals surface area contributed by atoms with Crippen LogP contribution in [0.1, 0.15) is 27.9 Å². The summed E-state index contributed by atoms with van der Waals surface area (Å²) in [5.74, 6) is -0.926. The van der Waals surface area contributed by atoms with Gasteiger partial charge in [0.05, 0.1) is 11.7 Å². The molecule has 0 aliphatic rings. The Labute approximate surface area is 169 Å². The molecule has 0 saturated heterocycles. The smallest absolute Gasteiger partial charge is 0.335 e. The summed E-state index contributed by atoms with van der Waals surface area (Å²) < 4.78 is 0. The van der Waals surface area contributed by atoms with Crippen LogP contribution < -0.4 is 5.32 Å².